The molecule has 3 rings (SSSR count). The van der Waals surface area contributed by atoms with E-state index in [-0.39, 0.29) is 11.5 Å². The molecule has 2 N–H and O–H groups in total. The zero-order chi connectivity index (χ0) is 15.6. The van der Waals surface area contributed by atoms with E-state index in [1.54, 1.807) is 0 Å². The Morgan fingerprint density at radius 2 is 0.773 bits per heavy atom. The molecule has 0 saturated heterocycles. The first-order chi connectivity index (χ1) is 10.7. The van der Waals surface area contributed by atoms with Crippen LogP contribution in [0.5, 0.6) is 11.5 Å². The summed E-state index contributed by atoms with van der Waals surface area (Å²) in [4.78, 5) is 0. The fourth-order valence-corrected chi connectivity index (χ4v) is 1.77. The van der Waals surface area contributed by atoms with Crippen molar-refractivity contribution in [3.05, 3.63) is 96.1 Å². The average Bonchev–Trinajstić information content (AvgIpc) is 2.58. The van der Waals surface area contributed by atoms with E-state index in [4.69, 9.17) is 10.2 Å². The number of aromatic hydroxyl groups is 2. The van der Waals surface area contributed by atoms with Gasteiger partial charge in [-0.2, -0.15) is 0 Å². The van der Waals surface area contributed by atoms with E-state index in [1.807, 2.05) is 36.4 Å². The van der Waals surface area contributed by atoms with Crippen LogP contribution in [0.3, 0.4) is 0 Å². The Labute approximate surface area is 130 Å². The van der Waals surface area contributed by atoms with E-state index >= 15 is 0 Å². The van der Waals surface area contributed by atoms with Crippen LogP contribution in [0.2, 0.25) is 0 Å². The van der Waals surface area contributed by atoms with Crippen molar-refractivity contribution in [2.24, 2.45) is 0 Å². The Morgan fingerprint density at radius 3 is 1.09 bits per heavy atom. The highest BCUT2D eigenvalue weighted by Gasteiger charge is 1.85. The SMILES string of the molecule is C(=C\c1ccccc1)/c1ccccc1.Oc1ccc(O)cc1. The molecule has 0 fully saturated rings. The molecule has 22 heavy (non-hydrogen) atoms. The molecular formula is C20H18O2. The van der Waals surface area contributed by atoms with Gasteiger partial charge < -0.3 is 10.2 Å². The molecule has 0 spiro atoms. The molecule has 3 aromatic carbocycles. The predicted octanol–water partition coefficient (Wildman–Crippen LogP) is 4.95. The van der Waals surface area contributed by atoms with Crippen molar-refractivity contribution >= 4 is 12.2 Å². The van der Waals surface area contributed by atoms with Crippen molar-refractivity contribution in [3.63, 3.8) is 0 Å². The van der Waals surface area contributed by atoms with Gasteiger partial charge in [-0.05, 0) is 35.4 Å². The van der Waals surface area contributed by atoms with E-state index in [0.29, 0.717) is 0 Å². The van der Waals surface area contributed by atoms with Gasteiger partial charge in [-0.25, -0.2) is 0 Å². The van der Waals surface area contributed by atoms with Crippen LogP contribution in [0, 0.1) is 0 Å². The summed E-state index contributed by atoms with van der Waals surface area (Å²) in [6.07, 6.45) is 4.24. The van der Waals surface area contributed by atoms with E-state index in [1.165, 1.54) is 35.4 Å². The summed E-state index contributed by atoms with van der Waals surface area (Å²) in [5.74, 6) is 0.339. The quantitative estimate of drug-likeness (QED) is 0.517. The average molecular weight is 290 g/mol. The molecule has 0 atom stereocenters. The van der Waals surface area contributed by atoms with Gasteiger partial charge in [0.05, 0.1) is 0 Å². The van der Waals surface area contributed by atoms with Gasteiger partial charge in [0.1, 0.15) is 11.5 Å². The predicted molar refractivity (Wildman–Crippen MR) is 91.6 cm³/mol. The van der Waals surface area contributed by atoms with Crippen molar-refractivity contribution in [2.45, 2.75) is 0 Å². The normalized spacial score (nSPS) is 10.0. The lowest BCUT2D eigenvalue weighted by molar-refractivity contribution is 0.460. The van der Waals surface area contributed by atoms with Gasteiger partial charge in [-0.3, -0.25) is 0 Å². The zero-order valence-corrected chi connectivity index (χ0v) is 12.1. The maximum Gasteiger partial charge on any atom is 0.115 e. The second-order valence-electron chi connectivity index (χ2n) is 4.67. The van der Waals surface area contributed by atoms with Crippen LogP contribution >= 0.6 is 0 Å². The fraction of sp³-hybridized carbons (Fsp3) is 0. The Kier molecular flexibility index (Phi) is 5.82. The molecule has 0 radical (unpaired) electrons. The molecule has 0 unspecified atom stereocenters. The molecule has 0 heterocycles. The Bertz CT molecular complexity index is 624. The van der Waals surface area contributed by atoms with E-state index in [9.17, 15) is 0 Å². The van der Waals surface area contributed by atoms with Crippen LogP contribution in [0.4, 0.5) is 0 Å². The van der Waals surface area contributed by atoms with Crippen LogP contribution in [0.1, 0.15) is 11.1 Å². The second kappa shape index (κ2) is 8.32. The highest BCUT2D eigenvalue weighted by molar-refractivity contribution is 5.69. The summed E-state index contributed by atoms with van der Waals surface area (Å²) in [6.45, 7) is 0. The summed E-state index contributed by atoms with van der Waals surface area (Å²) in [5, 5.41) is 17.3. The molecule has 3 aromatic rings. The van der Waals surface area contributed by atoms with Crippen molar-refractivity contribution in [1.29, 1.82) is 0 Å². The molecule has 0 bridgehead atoms. The standard InChI is InChI=1S/C14H12.C6H6O2/c1-3-7-13(8-4-1)11-12-14-9-5-2-6-10-14;7-5-1-2-6(8)4-3-5/h1-12H;1-4,7-8H/b12-11+;. The molecule has 110 valence electrons. The molecule has 2 nitrogen and oxygen atoms in total. The number of hydrogen-bond acceptors (Lipinski definition) is 2. The monoisotopic (exact) mass is 290 g/mol. The summed E-state index contributed by atoms with van der Waals surface area (Å²) < 4.78 is 0. The van der Waals surface area contributed by atoms with Crippen molar-refractivity contribution in [3.8, 4) is 11.5 Å². The molecule has 0 aliphatic carbocycles. The van der Waals surface area contributed by atoms with Crippen LogP contribution in [-0.4, -0.2) is 10.2 Å². The smallest absolute Gasteiger partial charge is 0.115 e. The zero-order valence-electron chi connectivity index (χ0n) is 12.1. The highest BCUT2D eigenvalue weighted by Crippen LogP contribution is 2.13. The number of phenolic OH excluding ortho intramolecular Hbond substituents is 2. The molecule has 0 aliphatic heterocycles. The lowest BCUT2D eigenvalue weighted by Gasteiger charge is -1.92. The molecule has 2 heteroatoms. The van der Waals surface area contributed by atoms with Gasteiger partial charge in [-0.1, -0.05) is 72.8 Å². The van der Waals surface area contributed by atoms with Gasteiger partial charge in [-0.15, -0.1) is 0 Å². The van der Waals surface area contributed by atoms with Gasteiger partial charge in [0, 0.05) is 0 Å². The van der Waals surface area contributed by atoms with Crippen molar-refractivity contribution < 1.29 is 10.2 Å². The maximum atomic E-state index is 8.65. The third kappa shape index (κ3) is 5.55. The Balaban J connectivity index is 0.000000188. The summed E-state index contributed by atoms with van der Waals surface area (Å²) in [7, 11) is 0. The second-order valence-corrected chi connectivity index (χ2v) is 4.67. The van der Waals surface area contributed by atoms with Crippen LogP contribution in [0.15, 0.2) is 84.9 Å². The number of hydrogen-bond donors (Lipinski definition) is 2. The minimum Gasteiger partial charge on any atom is -0.508 e. The van der Waals surface area contributed by atoms with Crippen molar-refractivity contribution in [2.75, 3.05) is 0 Å². The van der Waals surface area contributed by atoms with E-state index in [2.05, 4.69) is 36.4 Å². The Hall–Kier alpha value is -3.00. The summed E-state index contributed by atoms with van der Waals surface area (Å²) in [5.41, 5.74) is 2.47. The molecular weight excluding hydrogens is 272 g/mol. The number of benzene rings is 3. The van der Waals surface area contributed by atoms with E-state index < -0.39 is 0 Å². The topological polar surface area (TPSA) is 40.5 Å². The first-order valence-corrected chi connectivity index (χ1v) is 7.00. The molecule has 0 aliphatic rings. The van der Waals surface area contributed by atoms with Gasteiger partial charge in [0.25, 0.3) is 0 Å². The lowest BCUT2D eigenvalue weighted by atomic mass is 10.1. The van der Waals surface area contributed by atoms with Crippen LogP contribution in [0.25, 0.3) is 12.2 Å². The van der Waals surface area contributed by atoms with Crippen LogP contribution < -0.4 is 0 Å². The molecule has 0 amide bonds. The summed E-state index contributed by atoms with van der Waals surface area (Å²) >= 11 is 0. The van der Waals surface area contributed by atoms with Crippen molar-refractivity contribution in [1.82, 2.24) is 0 Å². The third-order valence-corrected chi connectivity index (χ3v) is 2.92. The minimum absolute atomic E-state index is 0.169. The van der Waals surface area contributed by atoms with Crippen LogP contribution in [-0.2, 0) is 0 Å². The van der Waals surface area contributed by atoms with E-state index in [0.717, 1.165) is 0 Å². The fourth-order valence-electron chi connectivity index (χ4n) is 1.77. The van der Waals surface area contributed by atoms with Gasteiger partial charge in [0.15, 0.2) is 0 Å². The lowest BCUT2D eigenvalue weighted by Crippen LogP contribution is -1.70. The minimum atomic E-state index is 0.169. The Morgan fingerprint density at radius 1 is 0.455 bits per heavy atom. The first kappa shape index (κ1) is 15.4. The first-order valence-electron chi connectivity index (χ1n) is 7.00. The largest absolute Gasteiger partial charge is 0.508 e. The summed E-state index contributed by atoms with van der Waals surface area (Å²) in [6, 6.07) is 26.3. The number of phenols is 2. The van der Waals surface area contributed by atoms with Gasteiger partial charge in [0.2, 0.25) is 0 Å². The maximum absolute atomic E-state index is 8.65. The number of rotatable bonds is 2. The highest BCUT2D eigenvalue weighted by atomic mass is 16.3. The molecule has 0 aromatic heterocycles. The van der Waals surface area contributed by atoms with Gasteiger partial charge >= 0.3 is 0 Å². The molecule has 0 saturated carbocycles. The third-order valence-electron chi connectivity index (χ3n) is 2.92.